The molecular weight excluding hydrogens is 470 g/mol. The van der Waals surface area contributed by atoms with E-state index in [0.29, 0.717) is 56.3 Å². The van der Waals surface area contributed by atoms with Crippen LogP contribution in [-0.4, -0.2) is 86.6 Å². The van der Waals surface area contributed by atoms with Crippen LogP contribution >= 0.6 is 0 Å². The van der Waals surface area contributed by atoms with E-state index in [1.807, 2.05) is 49.4 Å². The monoisotopic (exact) mass is 509 g/mol. The number of β-amino-alcohol motifs (C(OH)–C–C–N with tert-alkyl or cyclic N) is 1. The molecule has 1 atom stereocenters. The van der Waals surface area contributed by atoms with Gasteiger partial charge in [-0.3, -0.25) is 19.2 Å². The summed E-state index contributed by atoms with van der Waals surface area (Å²) in [6, 6.07) is 4.15. The van der Waals surface area contributed by atoms with Crippen molar-refractivity contribution in [2.45, 2.75) is 71.1 Å². The van der Waals surface area contributed by atoms with Gasteiger partial charge in [-0.2, -0.15) is 5.10 Å². The number of nitrogens with zero attached hydrogens (tertiary/aromatic N) is 4. The summed E-state index contributed by atoms with van der Waals surface area (Å²) in [7, 11) is 0. The molecule has 2 aromatic heterocycles. The van der Waals surface area contributed by atoms with E-state index in [-0.39, 0.29) is 17.1 Å². The van der Waals surface area contributed by atoms with Crippen LogP contribution < -0.4 is 5.56 Å². The summed E-state index contributed by atoms with van der Waals surface area (Å²) >= 11 is 0. The summed E-state index contributed by atoms with van der Waals surface area (Å²) < 4.78 is 7.71. The van der Waals surface area contributed by atoms with Gasteiger partial charge < -0.3 is 19.7 Å². The number of ether oxygens (including phenoxy) is 1. The highest BCUT2D eigenvalue weighted by Crippen LogP contribution is 2.34. The highest BCUT2D eigenvalue weighted by Gasteiger charge is 2.27. The maximum atomic E-state index is 13.6. The predicted octanol–water partition coefficient (Wildman–Crippen LogP) is 3.24. The number of aliphatic hydroxyl groups excluding tert-OH is 1. The van der Waals surface area contributed by atoms with Crippen molar-refractivity contribution in [3.8, 4) is 0 Å². The van der Waals surface area contributed by atoms with Crippen LogP contribution in [0.3, 0.4) is 0 Å². The predicted molar refractivity (Wildman–Crippen MR) is 144 cm³/mol. The number of aromatic nitrogens is 3. The Bertz CT molecular complexity index is 1340. The smallest absolute Gasteiger partial charge is 0.259 e. The van der Waals surface area contributed by atoms with Crippen molar-refractivity contribution < 1.29 is 14.6 Å². The minimum Gasteiger partial charge on any atom is -0.389 e. The summed E-state index contributed by atoms with van der Waals surface area (Å²) in [5.41, 5.74) is 2.65. The molecule has 9 heteroatoms. The Morgan fingerprint density at radius 2 is 1.86 bits per heavy atom. The van der Waals surface area contributed by atoms with Crippen molar-refractivity contribution in [2.75, 3.05) is 39.3 Å². The summed E-state index contributed by atoms with van der Waals surface area (Å²) in [6.45, 7) is 11.3. The number of nitrogens with one attached hydrogen (secondary N) is 1. The molecule has 200 valence electrons. The molecule has 1 aliphatic heterocycles. The number of benzene rings is 1. The molecule has 3 heterocycles. The number of aliphatic hydroxyl groups is 1. The molecular formula is C28H39N5O4. The van der Waals surface area contributed by atoms with Crippen molar-refractivity contribution >= 4 is 27.7 Å². The first-order valence-electron chi connectivity index (χ1n) is 13.5. The van der Waals surface area contributed by atoms with Crippen molar-refractivity contribution in [3.05, 3.63) is 39.8 Å². The van der Waals surface area contributed by atoms with E-state index in [2.05, 4.69) is 15.0 Å². The number of fused-ring (bicyclic) bond motifs is 3. The lowest BCUT2D eigenvalue weighted by atomic mass is 10.0. The fourth-order valence-electron chi connectivity index (χ4n) is 5.65. The number of carbonyl (C=O) groups is 1. The van der Waals surface area contributed by atoms with Crippen LogP contribution in [0.2, 0.25) is 0 Å². The molecule has 0 radical (unpaired) electrons. The second-order valence-corrected chi connectivity index (χ2v) is 11.6. The SMILES string of the molecule is Cc1cc2[nH]c(=O)c3cnn(C4CCCC4)c3c2cc1C(=O)N1CCN(CC(O)COC(C)(C)C)CC1. The number of pyridine rings is 1. The zero-order chi connectivity index (χ0) is 26.3. The molecule has 5 rings (SSSR count). The lowest BCUT2D eigenvalue weighted by Gasteiger charge is -2.36. The van der Waals surface area contributed by atoms with Crippen LogP contribution in [0.15, 0.2) is 23.1 Å². The molecule has 1 aromatic carbocycles. The number of hydrogen-bond acceptors (Lipinski definition) is 6. The maximum Gasteiger partial charge on any atom is 0.259 e. The van der Waals surface area contributed by atoms with Gasteiger partial charge in [0, 0.05) is 43.7 Å². The fourth-order valence-corrected chi connectivity index (χ4v) is 5.65. The molecule has 0 bridgehead atoms. The Balaban J connectivity index is 1.35. The van der Waals surface area contributed by atoms with Gasteiger partial charge in [-0.25, -0.2) is 0 Å². The molecule has 1 unspecified atom stereocenters. The number of amides is 1. The highest BCUT2D eigenvalue weighted by molar-refractivity contribution is 6.07. The first-order chi connectivity index (χ1) is 17.6. The van der Waals surface area contributed by atoms with Gasteiger partial charge >= 0.3 is 0 Å². The Morgan fingerprint density at radius 1 is 1.16 bits per heavy atom. The molecule has 2 N–H and O–H groups in total. The number of carbonyl (C=O) groups excluding carboxylic acids is 1. The Hall–Kier alpha value is -2.75. The lowest BCUT2D eigenvalue weighted by molar-refractivity contribution is -0.0581. The standard InChI is InChI=1S/C28H39N5O4/c1-18-13-24-22(25-23(26(35)30-24)15-29-33(25)19-7-5-6-8-19)14-21(18)27(36)32-11-9-31(10-12-32)16-20(34)17-37-28(2,3)4/h13-15,19-20,34H,5-12,16-17H2,1-4H3,(H,30,35). The highest BCUT2D eigenvalue weighted by atomic mass is 16.5. The van der Waals surface area contributed by atoms with Crippen LogP contribution in [0, 0.1) is 6.92 Å². The summed E-state index contributed by atoms with van der Waals surface area (Å²) in [4.78, 5) is 33.5. The number of hydrogen-bond donors (Lipinski definition) is 2. The summed E-state index contributed by atoms with van der Waals surface area (Å²) in [6.07, 6.45) is 5.56. The fraction of sp³-hybridized carbons (Fsp3) is 0.607. The van der Waals surface area contributed by atoms with Gasteiger partial charge in [-0.15, -0.1) is 0 Å². The van der Waals surface area contributed by atoms with Gasteiger partial charge in [0.15, 0.2) is 0 Å². The zero-order valence-corrected chi connectivity index (χ0v) is 22.4. The molecule has 1 saturated heterocycles. The first kappa shape index (κ1) is 25.9. The van der Waals surface area contributed by atoms with Crippen LogP contribution in [0.25, 0.3) is 21.8 Å². The van der Waals surface area contributed by atoms with E-state index in [1.54, 1.807) is 6.20 Å². The number of H-pyrrole nitrogens is 1. The van der Waals surface area contributed by atoms with Crippen LogP contribution in [0.5, 0.6) is 0 Å². The van der Waals surface area contributed by atoms with Crippen molar-refractivity contribution in [3.63, 3.8) is 0 Å². The van der Waals surface area contributed by atoms with E-state index in [1.165, 1.54) is 12.8 Å². The molecule has 2 fully saturated rings. The van der Waals surface area contributed by atoms with Crippen molar-refractivity contribution in [2.24, 2.45) is 0 Å². The Morgan fingerprint density at radius 3 is 2.54 bits per heavy atom. The number of piperazine rings is 1. The van der Waals surface area contributed by atoms with E-state index in [9.17, 15) is 14.7 Å². The van der Waals surface area contributed by atoms with E-state index < -0.39 is 6.10 Å². The Labute approximate surface area is 217 Å². The number of rotatable bonds is 6. The third-order valence-electron chi connectivity index (χ3n) is 7.65. The van der Waals surface area contributed by atoms with Crippen LogP contribution in [0.4, 0.5) is 0 Å². The molecule has 0 spiro atoms. The van der Waals surface area contributed by atoms with Gasteiger partial charge in [-0.1, -0.05) is 12.8 Å². The van der Waals surface area contributed by atoms with Crippen molar-refractivity contribution in [1.29, 1.82) is 0 Å². The van der Waals surface area contributed by atoms with E-state index in [0.717, 1.165) is 34.8 Å². The lowest BCUT2D eigenvalue weighted by Crippen LogP contribution is -2.51. The van der Waals surface area contributed by atoms with E-state index >= 15 is 0 Å². The summed E-state index contributed by atoms with van der Waals surface area (Å²) in [5.74, 6) is 0.00180. The van der Waals surface area contributed by atoms with Gasteiger partial charge in [-0.05, 0) is 58.2 Å². The molecule has 2 aliphatic rings. The quantitative estimate of drug-likeness (QED) is 0.529. The third-order valence-corrected chi connectivity index (χ3v) is 7.65. The first-order valence-corrected chi connectivity index (χ1v) is 13.5. The molecule has 1 aliphatic carbocycles. The molecule has 37 heavy (non-hydrogen) atoms. The second-order valence-electron chi connectivity index (χ2n) is 11.6. The second kappa shape index (κ2) is 10.2. The average molecular weight is 510 g/mol. The normalized spacial score (nSPS) is 18.8. The zero-order valence-electron chi connectivity index (χ0n) is 22.4. The minimum atomic E-state index is -0.557. The van der Waals surface area contributed by atoms with Crippen LogP contribution in [0.1, 0.15) is 68.4 Å². The summed E-state index contributed by atoms with van der Waals surface area (Å²) in [5, 5.41) is 16.4. The Kier molecular flexibility index (Phi) is 7.13. The van der Waals surface area contributed by atoms with Gasteiger partial charge in [0.05, 0.1) is 47.0 Å². The topological polar surface area (TPSA) is 104 Å². The van der Waals surface area contributed by atoms with Crippen molar-refractivity contribution in [1.82, 2.24) is 24.6 Å². The number of aromatic amines is 1. The molecule has 3 aromatic rings. The molecule has 9 nitrogen and oxygen atoms in total. The van der Waals surface area contributed by atoms with Gasteiger partial charge in [0.25, 0.3) is 11.5 Å². The average Bonchev–Trinajstić information content (AvgIpc) is 3.53. The maximum absolute atomic E-state index is 13.6. The van der Waals surface area contributed by atoms with E-state index in [4.69, 9.17) is 4.74 Å². The molecule has 1 saturated carbocycles. The minimum absolute atomic E-state index is 0.00180. The number of aryl methyl sites for hydroxylation is 1. The van der Waals surface area contributed by atoms with Gasteiger partial charge in [0.2, 0.25) is 0 Å². The van der Waals surface area contributed by atoms with Gasteiger partial charge in [0.1, 0.15) is 0 Å². The largest absolute Gasteiger partial charge is 0.389 e. The third kappa shape index (κ3) is 5.44. The molecule has 1 amide bonds. The van der Waals surface area contributed by atoms with Crippen LogP contribution in [-0.2, 0) is 4.74 Å².